The maximum Gasteiger partial charge on any atom is 0.418 e. The van der Waals surface area contributed by atoms with Crippen molar-refractivity contribution < 1.29 is 31.6 Å². The number of amides is 3. The number of piperidine rings is 1. The van der Waals surface area contributed by atoms with Crippen LogP contribution in [-0.4, -0.2) is 72.4 Å². The number of nitrogens with two attached hydrogens (primary N) is 1. The van der Waals surface area contributed by atoms with E-state index in [2.05, 4.69) is 15.7 Å². The van der Waals surface area contributed by atoms with E-state index in [1.807, 2.05) is 0 Å². The number of primary amides is 1. The van der Waals surface area contributed by atoms with Crippen molar-refractivity contribution in [3.05, 3.63) is 0 Å². The second kappa shape index (κ2) is 7.21. The van der Waals surface area contributed by atoms with Gasteiger partial charge in [0.05, 0.1) is 18.7 Å². The minimum atomic E-state index is -4.89. The molecule has 4 atom stereocenters. The summed E-state index contributed by atoms with van der Waals surface area (Å²) >= 11 is 0. The zero-order chi connectivity index (χ0) is 19.8. The summed E-state index contributed by atoms with van der Waals surface area (Å²) in [5.41, 5.74) is 3.81. The highest BCUT2D eigenvalue weighted by Crippen LogP contribution is 2.38. The third kappa shape index (κ3) is 3.85. The molecule has 3 heterocycles. The van der Waals surface area contributed by atoms with E-state index in [1.54, 1.807) is 0 Å². The molecule has 3 amide bonds. The van der Waals surface area contributed by atoms with Crippen LogP contribution in [0.1, 0.15) is 25.7 Å². The number of ether oxygens (including phenoxy) is 1. The van der Waals surface area contributed by atoms with Crippen molar-refractivity contribution >= 4 is 22.3 Å². The molecule has 0 aliphatic carbocycles. The molecule has 3 fully saturated rings. The Morgan fingerprint density at radius 3 is 2.89 bits per heavy atom. The number of hydrogen-bond acceptors (Lipinski definition) is 8. The molecule has 0 radical (unpaired) electrons. The van der Waals surface area contributed by atoms with Crippen molar-refractivity contribution in [1.82, 2.24) is 15.3 Å². The largest absolute Gasteiger partial charge is 0.418 e. The van der Waals surface area contributed by atoms with Crippen molar-refractivity contribution in [2.75, 3.05) is 19.7 Å². The van der Waals surface area contributed by atoms with Crippen LogP contribution in [0.3, 0.4) is 0 Å². The second-order valence-electron chi connectivity index (χ2n) is 6.94. The molecule has 3 saturated heterocycles. The second-order valence-corrected chi connectivity index (χ2v) is 7.95. The van der Waals surface area contributed by atoms with Crippen LogP contribution in [0.4, 0.5) is 4.79 Å². The quantitative estimate of drug-likeness (QED) is 0.437. The average Bonchev–Trinajstić information content (AvgIpc) is 3.13. The number of fused-ring (bicyclic) bond motifs is 2. The van der Waals surface area contributed by atoms with E-state index in [0.29, 0.717) is 24.4 Å². The fourth-order valence-corrected chi connectivity index (χ4v) is 4.26. The minimum absolute atomic E-state index is 0.0214. The number of nitrogens with zero attached hydrogens (tertiary/aromatic N) is 3. The van der Waals surface area contributed by atoms with Gasteiger partial charge in [0.1, 0.15) is 0 Å². The first-order valence-electron chi connectivity index (χ1n) is 8.48. The van der Waals surface area contributed by atoms with Gasteiger partial charge in [0.15, 0.2) is 0 Å². The lowest BCUT2D eigenvalue weighted by molar-refractivity contribution is -0.175. The summed E-state index contributed by atoms with van der Waals surface area (Å²) in [5.74, 6) is -0.675. The van der Waals surface area contributed by atoms with Crippen molar-refractivity contribution in [3.8, 4) is 6.07 Å². The molecule has 13 heteroatoms. The summed E-state index contributed by atoms with van der Waals surface area (Å²) in [7, 11) is -4.89. The first kappa shape index (κ1) is 19.8. The molecule has 0 aromatic carbocycles. The van der Waals surface area contributed by atoms with Crippen molar-refractivity contribution in [2.24, 2.45) is 11.7 Å². The van der Waals surface area contributed by atoms with Gasteiger partial charge in [-0.05, 0) is 25.3 Å². The van der Waals surface area contributed by atoms with Crippen molar-refractivity contribution in [2.45, 2.75) is 43.5 Å². The van der Waals surface area contributed by atoms with E-state index in [0.717, 1.165) is 4.90 Å². The van der Waals surface area contributed by atoms with Gasteiger partial charge in [-0.3, -0.25) is 14.2 Å². The summed E-state index contributed by atoms with van der Waals surface area (Å²) in [6.07, 6.45) is 1.38. The number of hydrogen-bond donors (Lipinski definition) is 3. The standard InChI is InChI=1S/C14H21N5O7S/c15-4-2-9-5-10(17-6-9)8-25-14(12(16)20)3-1-11-7-18(14)13(21)19(11)26-27(22,23)24/h9-11,17H,1-3,5-8H2,(H2,16,20)(H,22,23,24)/t9-,10-,11?,14?/m1/s1. The van der Waals surface area contributed by atoms with Gasteiger partial charge in [0.2, 0.25) is 5.72 Å². The number of nitriles is 1. The summed E-state index contributed by atoms with van der Waals surface area (Å²) in [6, 6.07) is 0.445. The van der Waals surface area contributed by atoms with Gasteiger partial charge < -0.3 is 15.8 Å². The van der Waals surface area contributed by atoms with Crippen LogP contribution in [-0.2, 0) is 24.2 Å². The number of carbonyl (C=O) groups excluding carboxylic acids is 2. The summed E-state index contributed by atoms with van der Waals surface area (Å²) in [6.45, 7) is 0.733. The highest BCUT2D eigenvalue weighted by Gasteiger charge is 2.58. The molecule has 4 N–H and O–H groups in total. The van der Waals surface area contributed by atoms with Gasteiger partial charge in [-0.2, -0.15) is 18.7 Å². The predicted octanol–water partition coefficient (Wildman–Crippen LogP) is -1.29. The zero-order valence-corrected chi connectivity index (χ0v) is 15.2. The fourth-order valence-electron chi connectivity index (χ4n) is 3.87. The third-order valence-corrected chi connectivity index (χ3v) is 5.52. The average molecular weight is 403 g/mol. The summed E-state index contributed by atoms with van der Waals surface area (Å²) in [5, 5.41) is 12.5. The van der Waals surface area contributed by atoms with Gasteiger partial charge in [-0.25, -0.2) is 4.79 Å². The van der Waals surface area contributed by atoms with Crippen LogP contribution < -0.4 is 11.1 Å². The van der Waals surface area contributed by atoms with E-state index in [4.69, 9.17) is 20.3 Å². The summed E-state index contributed by atoms with van der Waals surface area (Å²) < 4.78 is 40.9. The molecular formula is C14H21N5O7S. The molecule has 0 saturated carbocycles. The lowest BCUT2D eigenvalue weighted by atomic mass is 9.96. The number of carbonyl (C=O) groups is 2. The van der Waals surface area contributed by atoms with E-state index in [1.165, 1.54) is 0 Å². The Kier molecular flexibility index (Phi) is 5.28. The number of nitrogens with one attached hydrogen (secondary N) is 1. The van der Waals surface area contributed by atoms with Gasteiger partial charge in [-0.1, -0.05) is 0 Å². The maximum atomic E-state index is 12.5. The minimum Gasteiger partial charge on any atom is -0.365 e. The van der Waals surface area contributed by atoms with E-state index in [9.17, 15) is 18.0 Å². The van der Waals surface area contributed by atoms with Crippen LogP contribution in [0.25, 0.3) is 0 Å². The SMILES string of the molecule is N#CC[C@H]1CN[C@@H](COC2(C(N)=O)CCC3CN2C(=O)N3OS(=O)(=O)O)C1. The van der Waals surface area contributed by atoms with E-state index in [-0.39, 0.29) is 38.0 Å². The molecule has 27 heavy (non-hydrogen) atoms. The molecule has 0 spiro atoms. The zero-order valence-electron chi connectivity index (χ0n) is 14.4. The molecule has 3 aliphatic heterocycles. The smallest absolute Gasteiger partial charge is 0.365 e. The van der Waals surface area contributed by atoms with Crippen LogP contribution >= 0.6 is 0 Å². The Balaban J connectivity index is 1.71. The van der Waals surface area contributed by atoms with Crippen LogP contribution in [0.2, 0.25) is 0 Å². The Morgan fingerprint density at radius 1 is 1.52 bits per heavy atom. The van der Waals surface area contributed by atoms with E-state index >= 15 is 0 Å². The molecule has 0 aromatic heterocycles. The lowest BCUT2D eigenvalue weighted by Crippen LogP contribution is -2.62. The van der Waals surface area contributed by atoms with Crippen molar-refractivity contribution in [3.63, 3.8) is 0 Å². The first-order chi connectivity index (χ1) is 12.7. The van der Waals surface area contributed by atoms with E-state index < -0.39 is 34.1 Å². The lowest BCUT2D eigenvalue weighted by Gasteiger charge is -2.40. The molecule has 0 aromatic rings. The molecule has 150 valence electrons. The maximum absolute atomic E-state index is 12.5. The molecule has 2 unspecified atom stereocenters. The first-order valence-corrected chi connectivity index (χ1v) is 9.85. The summed E-state index contributed by atoms with van der Waals surface area (Å²) in [4.78, 5) is 25.8. The van der Waals surface area contributed by atoms with Crippen LogP contribution in [0.5, 0.6) is 0 Å². The third-order valence-electron chi connectivity index (χ3n) is 5.17. The highest BCUT2D eigenvalue weighted by molar-refractivity contribution is 7.80. The Bertz CT molecular complexity index is 768. The molecule has 3 rings (SSSR count). The number of urea groups is 1. The van der Waals surface area contributed by atoms with Gasteiger partial charge >= 0.3 is 16.4 Å². The fraction of sp³-hybridized carbons (Fsp3) is 0.786. The van der Waals surface area contributed by atoms with Crippen LogP contribution in [0, 0.1) is 17.2 Å². The molecular weight excluding hydrogens is 382 g/mol. The van der Waals surface area contributed by atoms with Gasteiger partial charge in [0, 0.05) is 25.4 Å². The molecule has 3 aliphatic rings. The Hall–Kier alpha value is -1.98. The Labute approximate surface area is 156 Å². The van der Waals surface area contributed by atoms with Crippen LogP contribution in [0.15, 0.2) is 0 Å². The Morgan fingerprint density at radius 2 is 2.26 bits per heavy atom. The number of hydroxylamine groups is 2. The predicted molar refractivity (Wildman–Crippen MR) is 87.6 cm³/mol. The highest BCUT2D eigenvalue weighted by atomic mass is 32.3. The van der Waals surface area contributed by atoms with Crippen molar-refractivity contribution in [1.29, 1.82) is 5.26 Å². The van der Waals surface area contributed by atoms with Gasteiger partial charge in [0.25, 0.3) is 5.91 Å². The van der Waals surface area contributed by atoms with Gasteiger partial charge in [-0.15, -0.1) is 4.28 Å². The monoisotopic (exact) mass is 403 g/mol. The number of rotatable bonds is 7. The molecule has 2 bridgehead atoms. The molecule has 12 nitrogen and oxygen atoms in total. The normalized spacial score (nSPS) is 33.3. The topological polar surface area (TPSA) is 175 Å².